The van der Waals surface area contributed by atoms with E-state index in [0.29, 0.717) is 0 Å². The summed E-state index contributed by atoms with van der Waals surface area (Å²) in [5.41, 5.74) is -0.743. The molecule has 20 heavy (non-hydrogen) atoms. The fourth-order valence-electron chi connectivity index (χ4n) is 2.21. The first kappa shape index (κ1) is 16.7. The Balaban J connectivity index is 2.62. The third kappa shape index (κ3) is 5.30. The molecule has 1 aliphatic carbocycles. The molecule has 0 unspecified atom stereocenters. The van der Waals surface area contributed by atoms with E-state index >= 15 is 0 Å². The molecule has 0 radical (unpaired) electrons. The Morgan fingerprint density at radius 2 is 1.80 bits per heavy atom. The average molecular weight is 293 g/mol. The summed E-state index contributed by atoms with van der Waals surface area (Å²) in [6.45, 7) is 4.97. The lowest BCUT2D eigenvalue weighted by Gasteiger charge is -2.32. The summed E-state index contributed by atoms with van der Waals surface area (Å²) in [4.78, 5) is 22.8. The Morgan fingerprint density at radius 3 is 2.20 bits per heavy atom. The van der Waals surface area contributed by atoms with Gasteiger partial charge in [0.05, 0.1) is 0 Å². The molecule has 2 N–H and O–H groups in total. The number of alkyl halides is 2. The smallest absolute Gasteiger partial charge is 0.408 e. The minimum absolute atomic E-state index is 0.0692. The van der Waals surface area contributed by atoms with Crippen LogP contribution in [0.5, 0.6) is 0 Å². The van der Waals surface area contributed by atoms with Gasteiger partial charge in [-0.2, -0.15) is 0 Å². The van der Waals surface area contributed by atoms with Gasteiger partial charge in [0, 0.05) is 12.8 Å². The third-order valence-electron chi connectivity index (χ3n) is 3.17. The summed E-state index contributed by atoms with van der Waals surface area (Å²) in [5.74, 6) is -4.46. The average Bonchev–Trinajstić information content (AvgIpc) is 2.23. The van der Waals surface area contributed by atoms with Gasteiger partial charge in [-0.05, 0) is 39.5 Å². The molecular weight excluding hydrogens is 272 g/mol. The molecule has 0 aromatic heterocycles. The summed E-state index contributed by atoms with van der Waals surface area (Å²) in [5, 5.41) is 11.4. The fraction of sp³-hybridized carbons (Fsp3) is 0.846. The van der Waals surface area contributed by atoms with Crippen LogP contribution in [0.2, 0.25) is 0 Å². The molecule has 116 valence electrons. The van der Waals surface area contributed by atoms with Crippen LogP contribution in [0.4, 0.5) is 13.6 Å². The number of ether oxygens (including phenoxy) is 1. The van der Waals surface area contributed by atoms with Gasteiger partial charge in [0.1, 0.15) is 11.6 Å². The number of carbonyl (C=O) groups excluding carboxylic acids is 1. The maximum Gasteiger partial charge on any atom is 0.408 e. The van der Waals surface area contributed by atoms with Crippen molar-refractivity contribution in [3.63, 3.8) is 0 Å². The normalized spacial score (nSPS) is 21.1. The van der Waals surface area contributed by atoms with E-state index < -0.39 is 35.5 Å². The van der Waals surface area contributed by atoms with E-state index in [4.69, 9.17) is 9.84 Å². The molecular formula is C13H21F2NO4. The van der Waals surface area contributed by atoms with Crippen LogP contribution < -0.4 is 5.32 Å². The van der Waals surface area contributed by atoms with Crippen LogP contribution in [0.1, 0.15) is 46.5 Å². The quantitative estimate of drug-likeness (QED) is 0.839. The topological polar surface area (TPSA) is 75.6 Å². The SMILES string of the molecule is CC(C)(C)OC(=O)N[C@H](C(=O)O)C1CCC(F)(F)CC1. The lowest BCUT2D eigenvalue weighted by Crippen LogP contribution is -2.49. The highest BCUT2D eigenvalue weighted by Gasteiger charge is 2.40. The van der Waals surface area contributed by atoms with E-state index in [2.05, 4.69) is 5.32 Å². The molecule has 5 nitrogen and oxygen atoms in total. The van der Waals surface area contributed by atoms with E-state index in [1.165, 1.54) is 0 Å². The summed E-state index contributed by atoms with van der Waals surface area (Å²) < 4.78 is 31.1. The van der Waals surface area contributed by atoms with Crippen LogP contribution in [-0.4, -0.2) is 34.7 Å². The molecule has 0 aromatic rings. The molecule has 0 saturated heterocycles. The second-order valence-corrected chi connectivity index (χ2v) is 6.16. The zero-order valence-electron chi connectivity index (χ0n) is 11.9. The zero-order chi connectivity index (χ0) is 15.6. The molecule has 1 fully saturated rings. The predicted molar refractivity (Wildman–Crippen MR) is 67.7 cm³/mol. The lowest BCUT2D eigenvalue weighted by atomic mass is 9.82. The summed E-state index contributed by atoms with van der Waals surface area (Å²) in [6.07, 6.45) is -1.41. The van der Waals surface area contributed by atoms with Crippen LogP contribution >= 0.6 is 0 Å². The second kappa shape index (κ2) is 5.93. The maximum atomic E-state index is 13.1. The summed E-state index contributed by atoms with van der Waals surface area (Å²) in [6, 6.07) is -1.19. The molecule has 1 aliphatic rings. The summed E-state index contributed by atoms with van der Waals surface area (Å²) in [7, 11) is 0. The number of alkyl carbamates (subject to hydrolysis) is 1. The van der Waals surface area contributed by atoms with Crippen molar-refractivity contribution in [2.75, 3.05) is 0 Å². The van der Waals surface area contributed by atoms with Gasteiger partial charge in [0.2, 0.25) is 5.92 Å². The molecule has 1 saturated carbocycles. The molecule has 0 spiro atoms. The molecule has 1 rings (SSSR count). The van der Waals surface area contributed by atoms with Crippen LogP contribution in [0, 0.1) is 5.92 Å². The largest absolute Gasteiger partial charge is 0.480 e. The third-order valence-corrected chi connectivity index (χ3v) is 3.17. The number of hydrogen-bond donors (Lipinski definition) is 2. The number of carbonyl (C=O) groups is 2. The van der Waals surface area contributed by atoms with Gasteiger partial charge in [0.25, 0.3) is 0 Å². The van der Waals surface area contributed by atoms with Crippen LogP contribution in [-0.2, 0) is 9.53 Å². The van der Waals surface area contributed by atoms with Gasteiger partial charge in [-0.1, -0.05) is 0 Å². The molecule has 0 heterocycles. The van der Waals surface area contributed by atoms with Gasteiger partial charge in [0.15, 0.2) is 0 Å². The first-order chi connectivity index (χ1) is 9.00. The van der Waals surface area contributed by atoms with Gasteiger partial charge >= 0.3 is 12.1 Å². The number of halogens is 2. The van der Waals surface area contributed by atoms with Gasteiger partial charge < -0.3 is 15.2 Å². The Bertz CT molecular complexity index is 369. The molecule has 0 bridgehead atoms. The minimum atomic E-state index is -2.73. The van der Waals surface area contributed by atoms with Crippen molar-refractivity contribution in [2.24, 2.45) is 5.92 Å². The van der Waals surface area contributed by atoms with Crippen LogP contribution in [0.25, 0.3) is 0 Å². The van der Waals surface area contributed by atoms with Crippen molar-refractivity contribution in [3.05, 3.63) is 0 Å². The number of carboxylic acid groups (broad SMARTS) is 1. The number of nitrogens with one attached hydrogen (secondary N) is 1. The van der Waals surface area contributed by atoms with Crippen molar-refractivity contribution in [3.8, 4) is 0 Å². The van der Waals surface area contributed by atoms with Crippen molar-refractivity contribution in [1.82, 2.24) is 5.32 Å². The number of rotatable bonds is 3. The van der Waals surface area contributed by atoms with E-state index in [9.17, 15) is 18.4 Å². The number of hydrogen-bond acceptors (Lipinski definition) is 3. The van der Waals surface area contributed by atoms with E-state index in [1.807, 2.05) is 0 Å². The van der Waals surface area contributed by atoms with Crippen molar-refractivity contribution in [2.45, 2.75) is 64.0 Å². The number of aliphatic carboxylic acids is 1. The molecule has 0 aliphatic heterocycles. The number of amides is 1. The Morgan fingerprint density at radius 1 is 1.30 bits per heavy atom. The first-order valence-electron chi connectivity index (χ1n) is 6.60. The Kier molecular flexibility index (Phi) is 4.94. The molecule has 1 amide bonds. The fourth-order valence-corrected chi connectivity index (χ4v) is 2.21. The second-order valence-electron chi connectivity index (χ2n) is 6.16. The van der Waals surface area contributed by atoms with E-state index in [1.54, 1.807) is 20.8 Å². The van der Waals surface area contributed by atoms with Crippen molar-refractivity contribution >= 4 is 12.1 Å². The molecule has 0 aromatic carbocycles. The van der Waals surface area contributed by atoms with E-state index in [0.717, 1.165) is 0 Å². The zero-order valence-corrected chi connectivity index (χ0v) is 11.9. The van der Waals surface area contributed by atoms with Gasteiger partial charge in [-0.3, -0.25) is 0 Å². The Labute approximate surface area is 116 Å². The highest BCUT2D eigenvalue weighted by molar-refractivity contribution is 5.80. The number of carboxylic acids is 1. The van der Waals surface area contributed by atoms with Crippen molar-refractivity contribution < 1.29 is 28.2 Å². The minimum Gasteiger partial charge on any atom is -0.480 e. The first-order valence-corrected chi connectivity index (χ1v) is 6.60. The standard InChI is InChI=1S/C13H21F2NO4/c1-12(2,3)20-11(19)16-9(10(17)18)8-4-6-13(14,15)7-5-8/h8-9H,4-7H2,1-3H3,(H,16,19)(H,17,18)/t9-/m0/s1. The van der Waals surface area contributed by atoms with Gasteiger partial charge in [-0.15, -0.1) is 0 Å². The summed E-state index contributed by atoms with van der Waals surface area (Å²) >= 11 is 0. The van der Waals surface area contributed by atoms with Crippen LogP contribution in [0.15, 0.2) is 0 Å². The molecule has 7 heteroatoms. The monoisotopic (exact) mass is 293 g/mol. The highest BCUT2D eigenvalue weighted by Crippen LogP contribution is 2.37. The van der Waals surface area contributed by atoms with E-state index in [-0.39, 0.29) is 25.7 Å². The molecule has 1 atom stereocenters. The van der Waals surface area contributed by atoms with Gasteiger partial charge in [-0.25, -0.2) is 18.4 Å². The maximum absolute atomic E-state index is 13.1. The van der Waals surface area contributed by atoms with Crippen LogP contribution in [0.3, 0.4) is 0 Å². The Hall–Kier alpha value is -1.40. The predicted octanol–water partition coefficient (Wildman–Crippen LogP) is 2.79. The lowest BCUT2D eigenvalue weighted by molar-refractivity contribution is -0.142. The van der Waals surface area contributed by atoms with Crippen molar-refractivity contribution in [1.29, 1.82) is 0 Å². The highest BCUT2D eigenvalue weighted by atomic mass is 19.3.